The molecule has 2 heterocycles. The normalized spacial score (nSPS) is 11.9. The number of nitrogens with zero attached hydrogens (tertiary/aromatic N) is 1. The molecule has 3 N–H and O–H groups in total. The first-order valence-electron chi connectivity index (χ1n) is 5.76. The lowest BCUT2D eigenvalue weighted by atomic mass is 10.2. The lowest BCUT2D eigenvalue weighted by Gasteiger charge is -2.15. The smallest absolute Gasteiger partial charge is 0.340 e. The van der Waals surface area contributed by atoms with E-state index in [1.165, 1.54) is 19.4 Å². The summed E-state index contributed by atoms with van der Waals surface area (Å²) in [5, 5.41) is 3.09. The summed E-state index contributed by atoms with van der Waals surface area (Å²) < 4.78 is 9.94. The SMILES string of the molecule is COC(=O)c1ccnc(NC(C)c2ccco2)c1N. The van der Waals surface area contributed by atoms with E-state index in [-0.39, 0.29) is 17.3 Å². The van der Waals surface area contributed by atoms with E-state index in [9.17, 15) is 4.79 Å². The molecule has 0 fully saturated rings. The molecule has 0 saturated heterocycles. The maximum Gasteiger partial charge on any atom is 0.340 e. The van der Waals surface area contributed by atoms with Crippen LogP contribution in [0.1, 0.15) is 29.1 Å². The van der Waals surface area contributed by atoms with Crippen molar-refractivity contribution < 1.29 is 13.9 Å². The summed E-state index contributed by atoms with van der Waals surface area (Å²) in [6.07, 6.45) is 3.09. The highest BCUT2D eigenvalue weighted by Gasteiger charge is 2.16. The number of nitrogens with one attached hydrogen (secondary N) is 1. The number of ether oxygens (including phenoxy) is 1. The van der Waals surface area contributed by atoms with Gasteiger partial charge in [0, 0.05) is 6.20 Å². The van der Waals surface area contributed by atoms with E-state index >= 15 is 0 Å². The van der Waals surface area contributed by atoms with Gasteiger partial charge in [0.15, 0.2) is 5.82 Å². The van der Waals surface area contributed by atoms with Gasteiger partial charge in [-0.3, -0.25) is 0 Å². The molecule has 19 heavy (non-hydrogen) atoms. The summed E-state index contributed by atoms with van der Waals surface area (Å²) in [5.41, 5.74) is 6.45. The van der Waals surface area contributed by atoms with Crippen molar-refractivity contribution in [3.8, 4) is 0 Å². The van der Waals surface area contributed by atoms with Crippen molar-refractivity contribution in [1.29, 1.82) is 0 Å². The van der Waals surface area contributed by atoms with Crippen molar-refractivity contribution >= 4 is 17.5 Å². The van der Waals surface area contributed by atoms with Crippen LogP contribution in [0.4, 0.5) is 11.5 Å². The number of hydrogen-bond donors (Lipinski definition) is 2. The van der Waals surface area contributed by atoms with Crippen LogP contribution in [0.25, 0.3) is 0 Å². The Labute approximate surface area is 110 Å². The molecule has 0 amide bonds. The van der Waals surface area contributed by atoms with Crippen molar-refractivity contribution in [2.45, 2.75) is 13.0 Å². The predicted molar refractivity (Wildman–Crippen MR) is 70.7 cm³/mol. The number of nitrogen functional groups attached to an aromatic ring is 1. The zero-order valence-electron chi connectivity index (χ0n) is 10.7. The summed E-state index contributed by atoms with van der Waals surface area (Å²) in [6.45, 7) is 1.91. The molecule has 0 radical (unpaired) electrons. The van der Waals surface area contributed by atoms with Crippen molar-refractivity contribution in [2.75, 3.05) is 18.2 Å². The zero-order valence-corrected chi connectivity index (χ0v) is 10.7. The first-order valence-corrected chi connectivity index (χ1v) is 5.76. The molecule has 2 aromatic heterocycles. The number of carbonyl (C=O) groups is 1. The molecule has 6 nitrogen and oxygen atoms in total. The number of anilines is 2. The minimum Gasteiger partial charge on any atom is -0.467 e. The number of rotatable bonds is 4. The van der Waals surface area contributed by atoms with Crippen LogP contribution in [-0.4, -0.2) is 18.1 Å². The summed E-state index contributed by atoms with van der Waals surface area (Å²) in [5.74, 6) is 0.685. The van der Waals surface area contributed by atoms with Crippen LogP contribution < -0.4 is 11.1 Å². The number of carbonyl (C=O) groups excluding carboxylic acids is 1. The number of furan rings is 1. The Bertz CT molecular complexity index is 567. The highest BCUT2D eigenvalue weighted by Crippen LogP contribution is 2.25. The van der Waals surface area contributed by atoms with E-state index in [1.54, 1.807) is 12.3 Å². The maximum absolute atomic E-state index is 11.5. The second-order valence-corrected chi connectivity index (χ2v) is 3.99. The van der Waals surface area contributed by atoms with Gasteiger partial charge in [0.2, 0.25) is 0 Å². The largest absolute Gasteiger partial charge is 0.467 e. The highest BCUT2D eigenvalue weighted by atomic mass is 16.5. The molecule has 2 aromatic rings. The second kappa shape index (κ2) is 5.43. The van der Waals surface area contributed by atoms with Gasteiger partial charge in [-0.2, -0.15) is 0 Å². The summed E-state index contributed by atoms with van der Waals surface area (Å²) in [4.78, 5) is 15.6. The number of hydrogen-bond acceptors (Lipinski definition) is 6. The monoisotopic (exact) mass is 261 g/mol. The van der Waals surface area contributed by atoms with Crippen LogP contribution in [0.5, 0.6) is 0 Å². The molecule has 0 aromatic carbocycles. The number of pyridine rings is 1. The molecule has 100 valence electrons. The lowest BCUT2D eigenvalue weighted by Crippen LogP contribution is -2.13. The maximum atomic E-state index is 11.5. The topological polar surface area (TPSA) is 90.4 Å². The number of aromatic nitrogens is 1. The van der Waals surface area contributed by atoms with Crippen molar-refractivity contribution in [3.63, 3.8) is 0 Å². The lowest BCUT2D eigenvalue weighted by molar-refractivity contribution is 0.0602. The fourth-order valence-corrected chi connectivity index (χ4v) is 1.69. The summed E-state index contributed by atoms with van der Waals surface area (Å²) >= 11 is 0. The molecule has 1 atom stereocenters. The molecular formula is C13H15N3O3. The van der Waals surface area contributed by atoms with Gasteiger partial charge >= 0.3 is 5.97 Å². The highest BCUT2D eigenvalue weighted by molar-refractivity contribution is 5.97. The van der Waals surface area contributed by atoms with E-state index in [0.717, 1.165) is 5.76 Å². The third-order valence-corrected chi connectivity index (χ3v) is 2.72. The standard InChI is InChI=1S/C13H15N3O3/c1-8(10-4-3-7-19-10)16-12-11(14)9(5-6-15-12)13(17)18-2/h3-8H,14H2,1-2H3,(H,15,16). The Morgan fingerprint density at radius 3 is 2.95 bits per heavy atom. The molecule has 0 bridgehead atoms. The van der Waals surface area contributed by atoms with Crippen LogP contribution in [0.2, 0.25) is 0 Å². The van der Waals surface area contributed by atoms with Gasteiger partial charge in [0.05, 0.1) is 30.7 Å². The first kappa shape index (κ1) is 12.9. The Balaban J connectivity index is 2.24. The third-order valence-electron chi connectivity index (χ3n) is 2.72. The van der Waals surface area contributed by atoms with Crippen LogP contribution in [0.3, 0.4) is 0 Å². The molecule has 0 spiro atoms. The summed E-state index contributed by atoms with van der Waals surface area (Å²) in [6, 6.07) is 5.05. The second-order valence-electron chi connectivity index (χ2n) is 3.99. The van der Waals surface area contributed by atoms with Gasteiger partial charge in [-0.1, -0.05) is 0 Å². The summed E-state index contributed by atoms with van der Waals surface area (Å²) in [7, 11) is 1.31. The first-order chi connectivity index (χ1) is 9.13. The molecule has 6 heteroatoms. The van der Waals surface area contributed by atoms with Crippen LogP contribution >= 0.6 is 0 Å². The quantitative estimate of drug-likeness (QED) is 0.820. The van der Waals surface area contributed by atoms with E-state index in [2.05, 4.69) is 15.0 Å². The Morgan fingerprint density at radius 2 is 2.32 bits per heavy atom. The van der Waals surface area contributed by atoms with Gasteiger partial charge in [0.1, 0.15) is 5.76 Å². The Morgan fingerprint density at radius 1 is 1.53 bits per heavy atom. The van der Waals surface area contributed by atoms with Crippen molar-refractivity contribution in [2.24, 2.45) is 0 Å². The number of nitrogens with two attached hydrogens (primary N) is 1. The molecule has 0 saturated carbocycles. The van der Waals surface area contributed by atoms with E-state index in [1.807, 2.05) is 13.0 Å². The fourth-order valence-electron chi connectivity index (χ4n) is 1.69. The van der Waals surface area contributed by atoms with Crippen molar-refractivity contribution in [1.82, 2.24) is 4.98 Å². The van der Waals surface area contributed by atoms with E-state index < -0.39 is 5.97 Å². The minimum absolute atomic E-state index is 0.113. The van der Waals surface area contributed by atoms with Gasteiger partial charge in [-0.15, -0.1) is 0 Å². The number of methoxy groups -OCH3 is 1. The Kier molecular flexibility index (Phi) is 3.70. The van der Waals surface area contributed by atoms with Gasteiger partial charge in [-0.25, -0.2) is 9.78 Å². The molecule has 0 aliphatic rings. The minimum atomic E-state index is -0.492. The van der Waals surface area contributed by atoms with Crippen molar-refractivity contribution in [3.05, 3.63) is 42.0 Å². The van der Waals surface area contributed by atoms with Gasteiger partial charge < -0.3 is 20.2 Å². The molecule has 2 rings (SSSR count). The van der Waals surface area contributed by atoms with Crippen LogP contribution in [0.15, 0.2) is 35.1 Å². The molecule has 0 aliphatic carbocycles. The average molecular weight is 261 g/mol. The Hall–Kier alpha value is -2.50. The number of esters is 1. The zero-order chi connectivity index (χ0) is 13.8. The molecular weight excluding hydrogens is 246 g/mol. The molecule has 0 aliphatic heterocycles. The van der Waals surface area contributed by atoms with Crippen LogP contribution in [0, 0.1) is 0 Å². The van der Waals surface area contributed by atoms with E-state index in [0.29, 0.717) is 5.82 Å². The predicted octanol–water partition coefficient (Wildman–Crippen LogP) is 2.22. The van der Waals surface area contributed by atoms with Gasteiger partial charge in [-0.05, 0) is 25.1 Å². The van der Waals surface area contributed by atoms with Crippen LogP contribution in [-0.2, 0) is 4.74 Å². The fraction of sp³-hybridized carbons (Fsp3) is 0.231. The molecule has 1 unspecified atom stereocenters. The van der Waals surface area contributed by atoms with Gasteiger partial charge in [0.25, 0.3) is 0 Å². The third kappa shape index (κ3) is 2.67. The average Bonchev–Trinajstić information content (AvgIpc) is 2.94. The van der Waals surface area contributed by atoms with E-state index in [4.69, 9.17) is 10.2 Å².